The van der Waals surface area contributed by atoms with Crippen LogP contribution in [0.3, 0.4) is 0 Å². The highest BCUT2D eigenvalue weighted by molar-refractivity contribution is 9.08. The first-order valence-corrected chi connectivity index (χ1v) is 6.39. The molecular formula is C7H7BrF2N2O2S. The normalized spacial score (nSPS) is 12.1. The highest BCUT2D eigenvalue weighted by Gasteiger charge is 2.17. The van der Waals surface area contributed by atoms with Gasteiger partial charge in [0.25, 0.3) is 16.4 Å². The van der Waals surface area contributed by atoms with Crippen molar-refractivity contribution >= 4 is 26.0 Å². The summed E-state index contributed by atoms with van der Waals surface area (Å²) in [6.07, 6.45) is -2.69. The Morgan fingerprint density at radius 1 is 1.47 bits per heavy atom. The van der Waals surface area contributed by atoms with Gasteiger partial charge in [-0.2, -0.15) is 0 Å². The van der Waals surface area contributed by atoms with Crippen molar-refractivity contribution in [2.24, 2.45) is 5.14 Å². The number of nitrogens with zero attached hydrogens (tertiary/aromatic N) is 1. The van der Waals surface area contributed by atoms with E-state index >= 15 is 0 Å². The number of hydrogen-bond donors (Lipinski definition) is 1. The SMILES string of the molecule is NS(=O)(=O)c1ccc(C(F)F)c(CBr)n1. The van der Waals surface area contributed by atoms with Crippen molar-refractivity contribution in [3.63, 3.8) is 0 Å². The minimum Gasteiger partial charge on any atom is -0.239 e. The molecule has 0 aliphatic heterocycles. The van der Waals surface area contributed by atoms with Gasteiger partial charge in [0, 0.05) is 10.9 Å². The van der Waals surface area contributed by atoms with Gasteiger partial charge in [0.15, 0.2) is 5.03 Å². The summed E-state index contributed by atoms with van der Waals surface area (Å²) in [5, 5.41) is 4.44. The lowest BCUT2D eigenvalue weighted by Gasteiger charge is -2.06. The molecule has 0 aromatic carbocycles. The Morgan fingerprint density at radius 2 is 2.07 bits per heavy atom. The van der Waals surface area contributed by atoms with Crippen LogP contribution in [0.5, 0.6) is 0 Å². The molecule has 1 aromatic rings. The number of pyridine rings is 1. The van der Waals surface area contributed by atoms with Gasteiger partial charge in [-0.1, -0.05) is 15.9 Å². The Kier molecular flexibility index (Phi) is 3.74. The van der Waals surface area contributed by atoms with Crippen LogP contribution in [-0.2, 0) is 15.4 Å². The van der Waals surface area contributed by atoms with Gasteiger partial charge in [-0.25, -0.2) is 27.3 Å². The minimum atomic E-state index is -3.95. The van der Waals surface area contributed by atoms with Gasteiger partial charge in [-0.05, 0) is 12.1 Å². The summed E-state index contributed by atoms with van der Waals surface area (Å²) in [6.45, 7) is 0. The first-order valence-electron chi connectivity index (χ1n) is 3.73. The van der Waals surface area contributed by atoms with Crippen LogP contribution in [0.4, 0.5) is 8.78 Å². The summed E-state index contributed by atoms with van der Waals surface area (Å²) in [5.41, 5.74) is -0.337. The summed E-state index contributed by atoms with van der Waals surface area (Å²) < 4.78 is 46.6. The molecule has 0 aliphatic carbocycles. The molecule has 8 heteroatoms. The van der Waals surface area contributed by atoms with E-state index in [0.29, 0.717) is 0 Å². The number of nitrogens with two attached hydrogens (primary N) is 1. The zero-order chi connectivity index (χ0) is 11.6. The molecule has 1 heterocycles. The van der Waals surface area contributed by atoms with Gasteiger partial charge in [0.1, 0.15) is 0 Å². The van der Waals surface area contributed by atoms with Gasteiger partial charge in [0.05, 0.1) is 5.69 Å². The number of aromatic nitrogens is 1. The average molecular weight is 301 g/mol. The molecule has 0 spiro atoms. The monoisotopic (exact) mass is 300 g/mol. The number of halogens is 3. The molecule has 0 aliphatic rings. The molecule has 0 saturated heterocycles. The first-order chi connectivity index (χ1) is 6.86. The van der Waals surface area contributed by atoms with Gasteiger partial charge in [-0.15, -0.1) is 0 Å². The smallest absolute Gasteiger partial charge is 0.239 e. The largest absolute Gasteiger partial charge is 0.265 e. The van der Waals surface area contributed by atoms with Crippen LogP contribution in [0.1, 0.15) is 17.7 Å². The molecule has 0 unspecified atom stereocenters. The molecule has 4 nitrogen and oxygen atoms in total. The van der Waals surface area contributed by atoms with Crippen LogP contribution in [0.2, 0.25) is 0 Å². The average Bonchev–Trinajstić information content (AvgIpc) is 2.15. The maximum absolute atomic E-state index is 12.4. The van der Waals surface area contributed by atoms with E-state index in [1.54, 1.807) is 0 Å². The Balaban J connectivity index is 3.32. The van der Waals surface area contributed by atoms with E-state index in [1.807, 2.05) is 0 Å². The lowest BCUT2D eigenvalue weighted by Crippen LogP contribution is -2.15. The van der Waals surface area contributed by atoms with E-state index in [2.05, 4.69) is 20.9 Å². The van der Waals surface area contributed by atoms with Crippen LogP contribution in [0.15, 0.2) is 17.2 Å². The highest BCUT2D eigenvalue weighted by atomic mass is 79.9. The van der Waals surface area contributed by atoms with Gasteiger partial charge in [-0.3, -0.25) is 0 Å². The summed E-state index contributed by atoms with van der Waals surface area (Å²) in [4.78, 5) is 3.54. The molecule has 84 valence electrons. The van der Waals surface area contributed by atoms with Crippen molar-refractivity contribution in [2.45, 2.75) is 16.8 Å². The van der Waals surface area contributed by atoms with E-state index in [1.165, 1.54) is 0 Å². The number of sulfonamides is 1. The van der Waals surface area contributed by atoms with Crippen molar-refractivity contribution in [1.82, 2.24) is 4.98 Å². The third-order valence-corrected chi connectivity index (χ3v) is 2.98. The van der Waals surface area contributed by atoms with E-state index in [4.69, 9.17) is 5.14 Å². The second-order valence-corrected chi connectivity index (χ2v) is 4.73. The summed E-state index contributed by atoms with van der Waals surface area (Å²) in [7, 11) is -3.95. The van der Waals surface area contributed by atoms with Gasteiger partial charge < -0.3 is 0 Å². The Hall–Kier alpha value is -0.600. The zero-order valence-electron chi connectivity index (χ0n) is 7.32. The molecule has 1 aromatic heterocycles. The number of rotatable bonds is 3. The third kappa shape index (κ3) is 2.93. The van der Waals surface area contributed by atoms with Crippen molar-refractivity contribution in [3.05, 3.63) is 23.4 Å². The van der Waals surface area contributed by atoms with Crippen LogP contribution >= 0.6 is 15.9 Å². The van der Waals surface area contributed by atoms with Crippen LogP contribution in [0, 0.1) is 0 Å². The Morgan fingerprint density at radius 3 is 2.47 bits per heavy atom. The van der Waals surface area contributed by atoms with Gasteiger partial charge in [0.2, 0.25) is 0 Å². The van der Waals surface area contributed by atoms with Crippen LogP contribution < -0.4 is 5.14 Å². The van der Waals surface area contributed by atoms with E-state index in [9.17, 15) is 17.2 Å². The number of alkyl halides is 3. The van der Waals surface area contributed by atoms with Crippen LogP contribution in [-0.4, -0.2) is 13.4 Å². The second-order valence-electron chi connectivity index (χ2n) is 2.66. The molecule has 1 rings (SSSR count). The number of hydrogen-bond acceptors (Lipinski definition) is 3. The van der Waals surface area contributed by atoms with Crippen LogP contribution in [0.25, 0.3) is 0 Å². The fraction of sp³-hybridized carbons (Fsp3) is 0.286. The van der Waals surface area contributed by atoms with Crippen molar-refractivity contribution in [2.75, 3.05) is 0 Å². The molecule has 0 fully saturated rings. The summed E-state index contributed by atoms with van der Waals surface area (Å²) in [5.74, 6) is 0. The lowest BCUT2D eigenvalue weighted by molar-refractivity contribution is 0.150. The van der Waals surface area contributed by atoms with Crippen molar-refractivity contribution in [3.8, 4) is 0 Å². The van der Waals surface area contributed by atoms with E-state index in [0.717, 1.165) is 12.1 Å². The fourth-order valence-corrected chi connectivity index (χ4v) is 1.90. The van der Waals surface area contributed by atoms with Crippen molar-refractivity contribution in [1.29, 1.82) is 0 Å². The molecule has 15 heavy (non-hydrogen) atoms. The van der Waals surface area contributed by atoms with Gasteiger partial charge >= 0.3 is 0 Å². The molecule has 2 N–H and O–H groups in total. The summed E-state index contributed by atoms with van der Waals surface area (Å²) in [6, 6.07) is 1.97. The molecule has 0 atom stereocenters. The highest BCUT2D eigenvalue weighted by Crippen LogP contribution is 2.24. The van der Waals surface area contributed by atoms with E-state index in [-0.39, 0.29) is 16.6 Å². The minimum absolute atomic E-state index is 0.0310. The third-order valence-electron chi connectivity index (χ3n) is 1.64. The first kappa shape index (κ1) is 12.5. The Labute approximate surface area is 93.7 Å². The molecule has 0 saturated carbocycles. The molecule has 0 bridgehead atoms. The maximum atomic E-state index is 12.4. The van der Waals surface area contributed by atoms with Crippen molar-refractivity contribution < 1.29 is 17.2 Å². The zero-order valence-corrected chi connectivity index (χ0v) is 9.72. The summed E-state index contributed by atoms with van der Waals surface area (Å²) >= 11 is 2.95. The molecule has 0 amide bonds. The fourth-order valence-electron chi connectivity index (χ4n) is 0.956. The molecular weight excluding hydrogens is 294 g/mol. The predicted molar refractivity (Wildman–Crippen MR) is 53.2 cm³/mol. The quantitative estimate of drug-likeness (QED) is 0.861. The maximum Gasteiger partial charge on any atom is 0.265 e. The predicted octanol–water partition coefficient (Wildman–Crippen LogP) is 1.56. The molecule has 0 radical (unpaired) electrons. The lowest BCUT2D eigenvalue weighted by atomic mass is 10.2. The second kappa shape index (κ2) is 4.50. The van der Waals surface area contributed by atoms with E-state index < -0.39 is 21.5 Å². The topological polar surface area (TPSA) is 73.1 Å². The standard InChI is InChI=1S/C7H7BrF2N2O2S/c8-3-5-4(7(9)10)1-2-6(12-5)15(11,13)14/h1-2,7H,3H2,(H2,11,13,14). The Bertz CT molecular complexity index is 464. The number of primary sulfonamides is 1.